The molecule has 9 heteroatoms. The van der Waals surface area contributed by atoms with E-state index in [1.165, 1.54) is 24.3 Å². The smallest absolute Gasteiger partial charge is 0.251 e. The molecule has 2 aromatic carbocycles. The normalized spacial score (nSPS) is 12.3. The first-order chi connectivity index (χ1) is 13.9. The van der Waals surface area contributed by atoms with Crippen LogP contribution in [0.1, 0.15) is 49.2 Å². The largest absolute Gasteiger partial charge is 0.348 e. The molecule has 0 heterocycles. The van der Waals surface area contributed by atoms with Gasteiger partial charge in [-0.1, -0.05) is 24.3 Å². The zero-order valence-corrected chi connectivity index (χ0v) is 19.2. The van der Waals surface area contributed by atoms with Crippen LogP contribution in [0.15, 0.2) is 53.4 Å². The second kappa shape index (κ2) is 9.72. The molecule has 0 saturated carbocycles. The Bertz CT molecular complexity index is 1090. The summed E-state index contributed by atoms with van der Waals surface area (Å²) in [5.41, 5.74) is 1.62. The van der Waals surface area contributed by atoms with Crippen LogP contribution in [-0.2, 0) is 32.2 Å². The van der Waals surface area contributed by atoms with Gasteiger partial charge in [0.15, 0.2) is 9.84 Å². The Hall–Kier alpha value is -2.23. The number of carbonyl (C=O) groups is 1. The Morgan fingerprint density at radius 1 is 0.867 bits per heavy atom. The van der Waals surface area contributed by atoms with Crippen molar-refractivity contribution in [3.63, 3.8) is 0 Å². The number of carbonyl (C=O) groups excluding carboxylic acids is 1. The van der Waals surface area contributed by atoms with Crippen molar-refractivity contribution < 1.29 is 21.6 Å². The number of hydrogen-bond acceptors (Lipinski definition) is 5. The van der Waals surface area contributed by atoms with Crippen LogP contribution in [0, 0.1) is 0 Å². The van der Waals surface area contributed by atoms with Crippen LogP contribution in [0.2, 0.25) is 0 Å². The van der Waals surface area contributed by atoms with Gasteiger partial charge >= 0.3 is 0 Å². The van der Waals surface area contributed by atoms with Gasteiger partial charge in [-0.3, -0.25) is 4.79 Å². The third-order valence-corrected chi connectivity index (χ3v) is 8.08. The minimum atomic E-state index is -3.49. The summed E-state index contributed by atoms with van der Waals surface area (Å²) in [4.78, 5) is 12.6. The molecule has 30 heavy (non-hydrogen) atoms. The van der Waals surface area contributed by atoms with E-state index in [4.69, 9.17) is 0 Å². The van der Waals surface area contributed by atoms with E-state index in [1.54, 1.807) is 52.0 Å². The lowest BCUT2D eigenvalue weighted by Crippen LogP contribution is -2.32. The Kier molecular flexibility index (Phi) is 7.79. The number of benzene rings is 2. The predicted octanol–water partition coefficient (Wildman–Crippen LogP) is 2.63. The third-order valence-electron chi connectivity index (χ3n) is 4.38. The van der Waals surface area contributed by atoms with Gasteiger partial charge in [0.25, 0.3) is 5.91 Å². The standard InChI is InChI=1S/C21H28N2O5S2/c1-15(2)23-29(25,26)14-19-8-6-5-7-18(19)13-22-21(24)17-9-11-20(12-10-17)30(27,28)16(3)4/h5-12,15-16,23H,13-14H2,1-4H3,(H,22,24). The van der Waals surface area contributed by atoms with E-state index < -0.39 is 25.1 Å². The molecule has 0 aromatic heterocycles. The van der Waals surface area contributed by atoms with Crippen molar-refractivity contribution in [1.29, 1.82) is 0 Å². The van der Waals surface area contributed by atoms with Crippen LogP contribution in [0.25, 0.3) is 0 Å². The van der Waals surface area contributed by atoms with Gasteiger partial charge in [-0.15, -0.1) is 0 Å². The summed E-state index contributed by atoms with van der Waals surface area (Å²) in [7, 11) is -6.89. The monoisotopic (exact) mass is 452 g/mol. The molecule has 0 bridgehead atoms. The molecule has 0 aliphatic rings. The van der Waals surface area contributed by atoms with Gasteiger partial charge in [0, 0.05) is 18.2 Å². The van der Waals surface area contributed by atoms with E-state index in [-0.39, 0.29) is 29.1 Å². The Morgan fingerprint density at radius 3 is 1.97 bits per heavy atom. The van der Waals surface area contributed by atoms with Crippen LogP contribution in [0.4, 0.5) is 0 Å². The molecule has 164 valence electrons. The first-order valence-electron chi connectivity index (χ1n) is 9.61. The van der Waals surface area contributed by atoms with Crippen molar-refractivity contribution in [2.75, 3.05) is 0 Å². The van der Waals surface area contributed by atoms with Crippen LogP contribution in [0.5, 0.6) is 0 Å². The molecule has 0 atom stereocenters. The minimum Gasteiger partial charge on any atom is -0.348 e. The van der Waals surface area contributed by atoms with Gasteiger partial charge in [0.05, 0.1) is 15.9 Å². The van der Waals surface area contributed by atoms with Gasteiger partial charge in [-0.2, -0.15) is 0 Å². The third kappa shape index (κ3) is 6.38. The maximum Gasteiger partial charge on any atom is 0.251 e. The topological polar surface area (TPSA) is 109 Å². The Morgan fingerprint density at radius 2 is 1.43 bits per heavy atom. The van der Waals surface area contributed by atoms with Gasteiger partial charge in [-0.25, -0.2) is 21.6 Å². The van der Waals surface area contributed by atoms with E-state index in [0.717, 1.165) is 0 Å². The van der Waals surface area contributed by atoms with E-state index >= 15 is 0 Å². The average Bonchev–Trinajstić information content (AvgIpc) is 2.65. The molecule has 0 spiro atoms. The molecule has 0 unspecified atom stereocenters. The number of sulfone groups is 1. The molecule has 0 saturated heterocycles. The summed E-state index contributed by atoms with van der Waals surface area (Å²) in [5, 5.41) is 2.21. The molecular formula is C21H28N2O5S2. The van der Waals surface area contributed by atoms with Gasteiger partial charge < -0.3 is 5.32 Å². The highest BCUT2D eigenvalue weighted by Crippen LogP contribution is 2.17. The lowest BCUT2D eigenvalue weighted by atomic mass is 10.1. The summed E-state index contributed by atoms with van der Waals surface area (Å²) in [6.07, 6.45) is 0. The number of amides is 1. The molecule has 0 radical (unpaired) electrons. The van der Waals surface area contributed by atoms with Crippen molar-refractivity contribution in [2.45, 2.75) is 56.2 Å². The zero-order valence-electron chi connectivity index (χ0n) is 17.5. The Labute approximate surface area is 178 Å². The summed E-state index contributed by atoms with van der Waals surface area (Å²) < 4.78 is 51.4. The molecule has 0 aliphatic heterocycles. The van der Waals surface area contributed by atoms with Crippen molar-refractivity contribution in [3.05, 3.63) is 65.2 Å². The molecule has 2 N–H and O–H groups in total. The highest BCUT2D eigenvalue weighted by atomic mass is 32.2. The summed E-state index contributed by atoms with van der Waals surface area (Å²) in [6.45, 7) is 6.86. The first kappa shape index (κ1) is 24.0. The summed E-state index contributed by atoms with van der Waals surface area (Å²) in [5.74, 6) is -0.555. The summed E-state index contributed by atoms with van der Waals surface area (Å²) in [6, 6.07) is 12.6. The van der Waals surface area contributed by atoms with Gasteiger partial charge in [0.1, 0.15) is 0 Å². The SMILES string of the molecule is CC(C)NS(=O)(=O)Cc1ccccc1CNC(=O)c1ccc(S(=O)(=O)C(C)C)cc1. The molecule has 2 rings (SSSR count). The van der Waals surface area contributed by atoms with Crippen molar-refractivity contribution in [3.8, 4) is 0 Å². The molecule has 0 fully saturated rings. The Balaban J connectivity index is 2.10. The van der Waals surface area contributed by atoms with E-state index in [9.17, 15) is 21.6 Å². The van der Waals surface area contributed by atoms with Gasteiger partial charge in [-0.05, 0) is 63.1 Å². The molecule has 0 aliphatic carbocycles. The van der Waals surface area contributed by atoms with Gasteiger partial charge in [0.2, 0.25) is 10.0 Å². The lowest BCUT2D eigenvalue weighted by molar-refractivity contribution is 0.0950. The number of hydrogen-bond donors (Lipinski definition) is 2. The first-order valence-corrected chi connectivity index (χ1v) is 12.8. The second-order valence-electron chi connectivity index (χ2n) is 7.60. The molecular weight excluding hydrogens is 424 g/mol. The van der Waals surface area contributed by atoms with Crippen LogP contribution in [0.3, 0.4) is 0 Å². The summed E-state index contributed by atoms with van der Waals surface area (Å²) >= 11 is 0. The number of sulfonamides is 1. The van der Waals surface area contributed by atoms with Crippen molar-refractivity contribution in [1.82, 2.24) is 10.0 Å². The van der Waals surface area contributed by atoms with Crippen LogP contribution < -0.4 is 10.0 Å². The van der Waals surface area contributed by atoms with Crippen molar-refractivity contribution in [2.24, 2.45) is 0 Å². The second-order valence-corrected chi connectivity index (χ2v) is 11.9. The molecule has 7 nitrogen and oxygen atoms in total. The molecule has 2 aromatic rings. The fourth-order valence-electron chi connectivity index (χ4n) is 2.82. The average molecular weight is 453 g/mol. The lowest BCUT2D eigenvalue weighted by Gasteiger charge is -2.13. The predicted molar refractivity (Wildman–Crippen MR) is 117 cm³/mol. The van der Waals surface area contributed by atoms with Crippen LogP contribution >= 0.6 is 0 Å². The maximum atomic E-state index is 12.5. The van der Waals surface area contributed by atoms with E-state index in [1.807, 2.05) is 0 Å². The van der Waals surface area contributed by atoms with Crippen LogP contribution in [-0.4, -0.2) is 34.0 Å². The quantitative estimate of drug-likeness (QED) is 0.608. The maximum absolute atomic E-state index is 12.5. The number of nitrogens with one attached hydrogen (secondary N) is 2. The number of rotatable bonds is 9. The van der Waals surface area contributed by atoms with Crippen molar-refractivity contribution >= 4 is 25.8 Å². The highest BCUT2D eigenvalue weighted by molar-refractivity contribution is 7.92. The zero-order chi connectivity index (χ0) is 22.5. The minimum absolute atomic E-state index is 0.151. The van der Waals surface area contributed by atoms with E-state index in [2.05, 4.69) is 10.0 Å². The van der Waals surface area contributed by atoms with E-state index in [0.29, 0.717) is 16.7 Å². The molecule has 1 amide bonds. The fourth-order valence-corrected chi connectivity index (χ4v) is 5.37. The highest BCUT2D eigenvalue weighted by Gasteiger charge is 2.20. The fraction of sp³-hybridized carbons (Fsp3) is 0.381.